The van der Waals surface area contributed by atoms with E-state index in [1.54, 1.807) is 43.5 Å². The van der Waals surface area contributed by atoms with Gasteiger partial charge in [0.15, 0.2) is 0 Å². The molecule has 0 amide bonds. The second-order valence-electron chi connectivity index (χ2n) is 4.29. The highest BCUT2D eigenvalue weighted by Crippen LogP contribution is 2.13. The number of benzene rings is 1. The Balaban J connectivity index is 2.09. The molecule has 0 saturated heterocycles. The number of hydrogen-bond acceptors (Lipinski definition) is 5. The largest absolute Gasteiger partial charge is 0.462 e. The number of rotatable bonds is 5. The first-order chi connectivity index (χ1) is 10.2. The van der Waals surface area contributed by atoms with E-state index in [-0.39, 0.29) is 5.97 Å². The van der Waals surface area contributed by atoms with Gasteiger partial charge in [-0.05, 0) is 36.8 Å². The fraction of sp³-hybridized carbons (Fsp3) is 0.188. The van der Waals surface area contributed by atoms with Crippen molar-refractivity contribution in [1.82, 2.24) is 4.98 Å². The minimum Gasteiger partial charge on any atom is -0.462 e. The maximum Gasteiger partial charge on any atom is 0.338 e. The lowest BCUT2D eigenvalue weighted by Gasteiger charge is -2.08. The number of carbonyl (C=O) groups is 1. The molecule has 0 atom stereocenters. The van der Waals surface area contributed by atoms with Crippen molar-refractivity contribution in [3.05, 3.63) is 59.3 Å². The summed E-state index contributed by atoms with van der Waals surface area (Å²) in [7, 11) is 0. The van der Waals surface area contributed by atoms with E-state index in [4.69, 9.17) is 10.00 Å². The first kappa shape index (κ1) is 14.5. The zero-order valence-electron chi connectivity index (χ0n) is 11.7. The van der Waals surface area contributed by atoms with Crippen LogP contribution in [0.5, 0.6) is 0 Å². The lowest BCUT2D eigenvalue weighted by molar-refractivity contribution is 0.0526. The molecule has 1 aromatic carbocycles. The Hall–Kier alpha value is -2.87. The topological polar surface area (TPSA) is 75.0 Å². The summed E-state index contributed by atoms with van der Waals surface area (Å²) in [5.41, 5.74) is 1.91. The number of esters is 1. The number of nitriles is 1. The molecule has 21 heavy (non-hydrogen) atoms. The average Bonchev–Trinajstić information content (AvgIpc) is 2.53. The number of ether oxygens (including phenoxy) is 1. The van der Waals surface area contributed by atoms with Gasteiger partial charge in [-0.15, -0.1) is 0 Å². The van der Waals surface area contributed by atoms with Crippen LogP contribution >= 0.6 is 0 Å². The van der Waals surface area contributed by atoms with Gasteiger partial charge in [-0.2, -0.15) is 5.26 Å². The normalized spacial score (nSPS) is 9.71. The predicted molar refractivity (Wildman–Crippen MR) is 78.7 cm³/mol. The Morgan fingerprint density at radius 1 is 1.38 bits per heavy atom. The third-order valence-corrected chi connectivity index (χ3v) is 2.83. The summed E-state index contributed by atoms with van der Waals surface area (Å²) in [5, 5.41) is 12.1. The molecule has 2 rings (SSSR count). The van der Waals surface area contributed by atoms with Gasteiger partial charge in [0.2, 0.25) is 0 Å². The number of pyridine rings is 1. The van der Waals surface area contributed by atoms with Crippen LogP contribution in [0.1, 0.15) is 28.4 Å². The smallest absolute Gasteiger partial charge is 0.338 e. The molecule has 2 aromatic rings. The van der Waals surface area contributed by atoms with Crippen molar-refractivity contribution < 1.29 is 9.53 Å². The summed E-state index contributed by atoms with van der Waals surface area (Å²) in [6, 6.07) is 12.7. The van der Waals surface area contributed by atoms with Crippen molar-refractivity contribution in [2.45, 2.75) is 13.5 Å². The predicted octanol–water partition coefficient (Wildman–Crippen LogP) is 2.74. The molecule has 0 unspecified atom stereocenters. The van der Waals surface area contributed by atoms with Crippen molar-refractivity contribution in [2.24, 2.45) is 0 Å². The van der Waals surface area contributed by atoms with Crippen molar-refractivity contribution >= 4 is 11.8 Å². The van der Waals surface area contributed by atoms with Crippen LogP contribution in [0.25, 0.3) is 0 Å². The van der Waals surface area contributed by atoms with E-state index in [1.807, 2.05) is 6.07 Å². The standard InChI is InChI=1S/C16H15N3O2/c1-2-21-16(20)13-6-3-5-12(9-13)11-19-15-14(10-17)7-4-8-18-15/h3-9H,2,11H2,1H3,(H,18,19). The van der Waals surface area contributed by atoms with Crippen molar-refractivity contribution in [3.8, 4) is 6.07 Å². The Labute approximate surface area is 123 Å². The summed E-state index contributed by atoms with van der Waals surface area (Å²) in [4.78, 5) is 15.8. The molecule has 0 aliphatic carbocycles. The molecule has 5 heteroatoms. The van der Waals surface area contributed by atoms with Crippen molar-refractivity contribution in [3.63, 3.8) is 0 Å². The van der Waals surface area contributed by atoms with E-state index in [2.05, 4.69) is 16.4 Å². The van der Waals surface area contributed by atoms with Crippen LogP contribution in [0.4, 0.5) is 5.82 Å². The zero-order chi connectivity index (χ0) is 15.1. The van der Waals surface area contributed by atoms with Gasteiger partial charge in [-0.1, -0.05) is 12.1 Å². The lowest BCUT2D eigenvalue weighted by atomic mass is 10.1. The number of hydrogen-bond donors (Lipinski definition) is 1. The molecule has 106 valence electrons. The van der Waals surface area contributed by atoms with Gasteiger partial charge in [0.25, 0.3) is 0 Å². The lowest BCUT2D eigenvalue weighted by Crippen LogP contribution is -2.07. The second-order valence-corrected chi connectivity index (χ2v) is 4.29. The molecule has 1 aromatic heterocycles. The van der Waals surface area contributed by atoms with E-state index < -0.39 is 0 Å². The molecule has 0 saturated carbocycles. The van der Waals surface area contributed by atoms with Crippen LogP contribution in [-0.4, -0.2) is 17.6 Å². The Bertz CT molecular complexity index is 677. The third kappa shape index (κ3) is 3.80. The highest BCUT2D eigenvalue weighted by molar-refractivity contribution is 5.89. The van der Waals surface area contributed by atoms with Gasteiger partial charge in [-0.25, -0.2) is 9.78 Å². The number of anilines is 1. The highest BCUT2D eigenvalue weighted by Gasteiger charge is 2.07. The maximum atomic E-state index is 11.7. The Morgan fingerprint density at radius 2 is 2.24 bits per heavy atom. The minimum absolute atomic E-state index is 0.338. The second kappa shape index (κ2) is 7.06. The number of nitrogens with one attached hydrogen (secondary N) is 1. The van der Waals surface area contributed by atoms with Gasteiger partial charge in [0.05, 0.1) is 17.7 Å². The third-order valence-electron chi connectivity index (χ3n) is 2.83. The SMILES string of the molecule is CCOC(=O)c1cccc(CNc2ncccc2C#N)c1. The Kier molecular flexibility index (Phi) is 4.89. The molecule has 0 bridgehead atoms. The average molecular weight is 281 g/mol. The van der Waals surface area contributed by atoms with E-state index in [9.17, 15) is 4.79 Å². The summed E-state index contributed by atoms with van der Waals surface area (Å²) >= 11 is 0. The molecule has 5 nitrogen and oxygen atoms in total. The van der Waals surface area contributed by atoms with Crippen LogP contribution in [-0.2, 0) is 11.3 Å². The molecule has 0 radical (unpaired) electrons. The van der Waals surface area contributed by atoms with Crippen LogP contribution in [0.15, 0.2) is 42.6 Å². The number of aromatic nitrogens is 1. The molecule has 0 aliphatic rings. The van der Waals surface area contributed by atoms with Crippen LogP contribution in [0.3, 0.4) is 0 Å². The summed E-state index contributed by atoms with van der Waals surface area (Å²) < 4.78 is 4.97. The zero-order valence-corrected chi connectivity index (χ0v) is 11.7. The quantitative estimate of drug-likeness (QED) is 0.853. The molecule has 1 N–H and O–H groups in total. The van der Waals surface area contributed by atoms with Gasteiger partial charge in [0, 0.05) is 12.7 Å². The number of carbonyl (C=O) groups excluding carboxylic acids is 1. The summed E-state index contributed by atoms with van der Waals surface area (Å²) in [6.45, 7) is 2.59. The molecule has 0 fully saturated rings. The molecular formula is C16H15N3O2. The summed E-state index contributed by atoms with van der Waals surface area (Å²) in [6.07, 6.45) is 1.62. The molecular weight excluding hydrogens is 266 g/mol. The molecule has 0 aliphatic heterocycles. The van der Waals surface area contributed by atoms with E-state index in [0.29, 0.717) is 30.1 Å². The monoisotopic (exact) mass is 281 g/mol. The van der Waals surface area contributed by atoms with Crippen LogP contribution in [0.2, 0.25) is 0 Å². The molecule has 1 heterocycles. The van der Waals surface area contributed by atoms with Gasteiger partial charge >= 0.3 is 5.97 Å². The first-order valence-corrected chi connectivity index (χ1v) is 6.59. The van der Waals surface area contributed by atoms with Crippen LogP contribution < -0.4 is 5.32 Å². The van der Waals surface area contributed by atoms with E-state index in [0.717, 1.165) is 5.56 Å². The first-order valence-electron chi connectivity index (χ1n) is 6.59. The van der Waals surface area contributed by atoms with Gasteiger partial charge < -0.3 is 10.1 Å². The van der Waals surface area contributed by atoms with Crippen LogP contribution in [0, 0.1) is 11.3 Å². The fourth-order valence-electron chi connectivity index (χ4n) is 1.84. The minimum atomic E-state index is -0.338. The Morgan fingerprint density at radius 3 is 3.00 bits per heavy atom. The maximum absolute atomic E-state index is 11.7. The summed E-state index contributed by atoms with van der Waals surface area (Å²) in [5.74, 6) is 0.191. The van der Waals surface area contributed by atoms with E-state index in [1.165, 1.54) is 0 Å². The van der Waals surface area contributed by atoms with Gasteiger partial charge in [0.1, 0.15) is 11.9 Å². The highest BCUT2D eigenvalue weighted by atomic mass is 16.5. The van der Waals surface area contributed by atoms with Crippen molar-refractivity contribution in [1.29, 1.82) is 5.26 Å². The van der Waals surface area contributed by atoms with E-state index >= 15 is 0 Å². The van der Waals surface area contributed by atoms with Crippen molar-refractivity contribution in [2.75, 3.05) is 11.9 Å². The number of nitrogens with zero attached hydrogens (tertiary/aromatic N) is 2. The van der Waals surface area contributed by atoms with Gasteiger partial charge in [-0.3, -0.25) is 0 Å². The fourth-order valence-corrected chi connectivity index (χ4v) is 1.84. The molecule has 0 spiro atoms.